The van der Waals surface area contributed by atoms with E-state index in [0.29, 0.717) is 17.5 Å². The fourth-order valence-corrected chi connectivity index (χ4v) is 3.02. The number of fused-ring (bicyclic) bond motifs is 1. The van der Waals surface area contributed by atoms with Crippen LogP contribution in [0.3, 0.4) is 0 Å². The Labute approximate surface area is 145 Å². The summed E-state index contributed by atoms with van der Waals surface area (Å²) in [6.07, 6.45) is 1.51. The largest absolute Gasteiger partial charge is 0.388 e. The summed E-state index contributed by atoms with van der Waals surface area (Å²) >= 11 is 0. The summed E-state index contributed by atoms with van der Waals surface area (Å²) in [6, 6.07) is 13.0. The van der Waals surface area contributed by atoms with Gasteiger partial charge in [-0.1, -0.05) is 18.2 Å². The third-order valence-electron chi connectivity index (χ3n) is 4.38. The highest BCUT2D eigenvalue weighted by Crippen LogP contribution is 2.21. The smallest absolute Gasteiger partial charge is 0.252 e. The lowest BCUT2D eigenvalue weighted by Gasteiger charge is -2.18. The number of hydrogen-bond acceptors (Lipinski definition) is 2. The molecule has 1 heterocycles. The topological polar surface area (TPSA) is 54.3 Å². The first-order valence-corrected chi connectivity index (χ1v) is 8.24. The van der Waals surface area contributed by atoms with Gasteiger partial charge in [0.1, 0.15) is 5.82 Å². The third kappa shape index (κ3) is 3.72. The molecule has 1 amide bonds. The third-order valence-corrected chi connectivity index (χ3v) is 4.38. The second-order valence-electron chi connectivity index (χ2n) is 6.34. The second kappa shape index (κ2) is 7.07. The van der Waals surface area contributed by atoms with Crippen LogP contribution in [0.5, 0.6) is 0 Å². The molecule has 0 saturated heterocycles. The SMILES string of the molecule is CC(CC(O)c1ccc(F)cc1)NC(=O)c1cccc2c1ccn2C. The van der Waals surface area contributed by atoms with Crippen LogP contribution in [0.4, 0.5) is 4.39 Å². The number of carbonyl (C=O) groups is 1. The summed E-state index contributed by atoms with van der Waals surface area (Å²) in [7, 11) is 1.94. The molecule has 3 rings (SSSR count). The number of aryl methyl sites for hydroxylation is 1. The first-order chi connectivity index (χ1) is 12.0. The Hall–Kier alpha value is -2.66. The molecule has 3 aromatic rings. The highest BCUT2D eigenvalue weighted by atomic mass is 19.1. The Morgan fingerprint density at radius 1 is 1.20 bits per heavy atom. The Morgan fingerprint density at radius 2 is 1.92 bits per heavy atom. The average molecular weight is 340 g/mol. The molecule has 5 heteroatoms. The summed E-state index contributed by atoms with van der Waals surface area (Å²) in [5, 5.41) is 14.1. The molecule has 0 saturated carbocycles. The van der Waals surface area contributed by atoms with Crippen molar-refractivity contribution < 1.29 is 14.3 Å². The summed E-state index contributed by atoms with van der Waals surface area (Å²) < 4.78 is 14.9. The van der Waals surface area contributed by atoms with E-state index in [1.54, 1.807) is 18.2 Å². The molecule has 0 fully saturated rings. The van der Waals surface area contributed by atoms with E-state index in [1.807, 2.05) is 42.9 Å². The van der Waals surface area contributed by atoms with Crippen molar-refractivity contribution in [3.8, 4) is 0 Å². The zero-order valence-electron chi connectivity index (χ0n) is 14.2. The molecule has 0 spiro atoms. The van der Waals surface area contributed by atoms with Gasteiger partial charge < -0.3 is 15.0 Å². The Bertz CT molecular complexity index is 886. The minimum Gasteiger partial charge on any atom is -0.388 e. The van der Waals surface area contributed by atoms with Gasteiger partial charge in [0.15, 0.2) is 0 Å². The van der Waals surface area contributed by atoms with Crippen LogP contribution in [0.1, 0.15) is 35.4 Å². The van der Waals surface area contributed by atoms with E-state index in [4.69, 9.17) is 0 Å². The number of aromatic nitrogens is 1. The van der Waals surface area contributed by atoms with Crippen molar-refractivity contribution in [2.75, 3.05) is 0 Å². The van der Waals surface area contributed by atoms with Crippen molar-refractivity contribution >= 4 is 16.8 Å². The lowest BCUT2D eigenvalue weighted by molar-refractivity contribution is 0.0918. The predicted molar refractivity (Wildman–Crippen MR) is 95.8 cm³/mol. The zero-order valence-corrected chi connectivity index (χ0v) is 14.2. The predicted octanol–water partition coefficient (Wildman–Crippen LogP) is 3.56. The number of rotatable bonds is 5. The number of benzene rings is 2. The van der Waals surface area contributed by atoms with Crippen molar-refractivity contribution in [3.63, 3.8) is 0 Å². The number of amides is 1. The molecular formula is C20H21FN2O2. The van der Waals surface area contributed by atoms with Gasteiger partial charge >= 0.3 is 0 Å². The number of carbonyl (C=O) groups excluding carboxylic acids is 1. The van der Waals surface area contributed by atoms with Gasteiger partial charge in [-0.3, -0.25) is 4.79 Å². The molecule has 0 aliphatic rings. The van der Waals surface area contributed by atoms with E-state index in [0.717, 1.165) is 10.9 Å². The van der Waals surface area contributed by atoms with E-state index in [9.17, 15) is 14.3 Å². The summed E-state index contributed by atoms with van der Waals surface area (Å²) in [5.74, 6) is -0.510. The van der Waals surface area contributed by atoms with Crippen LogP contribution < -0.4 is 5.32 Å². The quantitative estimate of drug-likeness (QED) is 0.746. The van der Waals surface area contributed by atoms with Gasteiger partial charge in [-0.2, -0.15) is 0 Å². The lowest BCUT2D eigenvalue weighted by atomic mass is 10.0. The van der Waals surface area contributed by atoms with E-state index >= 15 is 0 Å². The second-order valence-corrected chi connectivity index (χ2v) is 6.34. The molecule has 2 aromatic carbocycles. The minimum absolute atomic E-state index is 0.171. The van der Waals surface area contributed by atoms with E-state index in [2.05, 4.69) is 5.32 Å². The normalized spacial score (nSPS) is 13.6. The number of aliphatic hydroxyl groups excluding tert-OH is 1. The van der Waals surface area contributed by atoms with E-state index < -0.39 is 6.10 Å². The lowest BCUT2D eigenvalue weighted by Crippen LogP contribution is -2.33. The van der Waals surface area contributed by atoms with Crippen molar-refractivity contribution in [1.82, 2.24) is 9.88 Å². The Morgan fingerprint density at radius 3 is 2.64 bits per heavy atom. The van der Waals surface area contributed by atoms with Crippen LogP contribution in [0.25, 0.3) is 10.9 Å². The molecule has 130 valence electrons. The Kier molecular flexibility index (Phi) is 4.86. The molecule has 2 N–H and O–H groups in total. The molecule has 1 aromatic heterocycles. The minimum atomic E-state index is -0.761. The monoisotopic (exact) mass is 340 g/mol. The van der Waals surface area contributed by atoms with Crippen molar-refractivity contribution in [3.05, 3.63) is 71.7 Å². The van der Waals surface area contributed by atoms with Gasteiger partial charge in [0, 0.05) is 35.8 Å². The van der Waals surface area contributed by atoms with Crippen LogP contribution in [0.2, 0.25) is 0 Å². The number of hydrogen-bond donors (Lipinski definition) is 2. The fourth-order valence-electron chi connectivity index (χ4n) is 3.02. The maximum Gasteiger partial charge on any atom is 0.252 e. The van der Waals surface area contributed by atoms with Gasteiger partial charge in [-0.25, -0.2) is 4.39 Å². The number of nitrogens with one attached hydrogen (secondary N) is 1. The molecule has 0 radical (unpaired) electrons. The van der Waals surface area contributed by atoms with Crippen LogP contribution in [0.15, 0.2) is 54.7 Å². The van der Waals surface area contributed by atoms with Crippen LogP contribution in [-0.2, 0) is 7.05 Å². The summed E-state index contributed by atoms with van der Waals surface area (Å²) in [6.45, 7) is 1.84. The van der Waals surface area contributed by atoms with Crippen molar-refractivity contribution in [2.45, 2.75) is 25.5 Å². The standard InChI is InChI=1S/C20H21FN2O2/c1-13(12-19(24)14-6-8-15(21)9-7-14)22-20(25)17-4-3-5-18-16(17)10-11-23(18)2/h3-11,13,19,24H,12H2,1-2H3,(H,22,25). The van der Waals surface area contributed by atoms with Crippen LogP contribution in [0, 0.1) is 5.82 Å². The Balaban J connectivity index is 1.68. The summed E-state index contributed by atoms with van der Waals surface area (Å²) in [4.78, 5) is 12.6. The van der Waals surface area contributed by atoms with Crippen molar-refractivity contribution in [2.24, 2.45) is 7.05 Å². The maximum absolute atomic E-state index is 13.0. The van der Waals surface area contributed by atoms with Gasteiger partial charge in [0.25, 0.3) is 5.91 Å². The molecule has 25 heavy (non-hydrogen) atoms. The first kappa shape index (κ1) is 17.2. The zero-order chi connectivity index (χ0) is 18.0. The average Bonchev–Trinajstić information content (AvgIpc) is 2.96. The number of halogens is 1. The van der Waals surface area contributed by atoms with Gasteiger partial charge in [-0.05, 0) is 49.2 Å². The van der Waals surface area contributed by atoms with Gasteiger partial charge in [0.2, 0.25) is 0 Å². The highest BCUT2D eigenvalue weighted by molar-refractivity contribution is 6.06. The highest BCUT2D eigenvalue weighted by Gasteiger charge is 2.17. The van der Waals surface area contributed by atoms with E-state index in [1.165, 1.54) is 12.1 Å². The molecule has 2 unspecified atom stereocenters. The molecule has 2 atom stereocenters. The van der Waals surface area contributed by atoms with Gasteiger partial charge in [0.05, 0.1) is 6.10 Å². The molecular weight excluding hydrogens is 319 g/mol. The molecule has 0 aliphatic carbocycles. The summed E-state index contributed by atoms with van der Waals surface area (Å²) in [5.41, 5.74) is 2.24. The number of aliphatic hydroxyl groups is 1. The van der Waals surface area contributed by atoms with Crippen LogP contribution in [-0.4, -0.2) is 21.6 Å². The first-order valence-electron chi connectivity index (χ1n) is 8.24. The number of nitrogens with zero attached hydrogens (tertiary/aromatic N) is 1. The van der Waals surface area contributed by atoms with Crippen LogP contribution >= 0.6 is 0 Å². The molecule has 0 aliphatic heterocycles. The molecule has 4 nitrogen and oxygen atoms in total. The van der Waals surface area contributed by atoms with E-state index in [-0.39, 0.29) is 17.8 Å². The molecule has 0 bridgehead atoms. The van der Waals surface area contributed by atoms with Crippen molar-refractivity contribution in [1.29, 1.82) is 0 Å². The maximum atomic E-state index is 13.0. The fraction of sp³-hybridized carbons (Fsp3) is 0.250. The van der Waals surface area contributed by atoms with Gasteiger partial charge in [-0.15, -0.1) is 0 Å².